The van der Waals surface area contributed by atoms with Crippen molar-refractivity contribution in [1.29, 1.82) is 0 Å². The second-order valence-corrected chi connectivity index (χ2v) is 6.54. The van der Waals surface area contributed by atoms with Gasteiger partial charge in [0.15, 0.2) is 6.61 Å². The van der Waals surface area contributed by atoms with Crippen molar-refractivity contribution in [3.8, 4) is 11.5 Å². The summed E-state index contributed by atoms with van der Waals surface area (Å²) >= 11 is 14.8. The lowest BCUT2D eigenvalue weighted by Gasteiger charge is -2.07. The highest BCUT2D eigenvalue weighted by Gasteiger charge is 2.17. The second kappa shape index (κ2) is 8.84. The zero-order chi connectivity index (χ0) is 19.3. The standard InChI is InChI=1S/C15H10BrCl2N3O5/c16-9-3-8(15(23)12(4-9)21(24)25)6-19-20-14(22)7-26-13-5-10(17)1-2-11(13)18/h1-6,23H,7H2,(H,20,22)/b19-6+. The Bertz CT molecular complexity index is 892. The van der Waals surface area contributed by atoms with Crippen molar-refractivity contribution < 1.29 is 19.6 Å². The molecule has 136 valence electrons. The van der Waals surface area contributed by atoms with Crippen molar-refractivity contribution >= 4 is 56.9 Å². The lowest BCUT2D eigenvalue weighted by atomic mass is 10.2. The summed E-state index contributed by atoms with van der Waals surface area (Å²) < 4.78 is 5.60. The highest BCUT2D eigenvalue weighted by atomic mass is 79.9. The molecule has 2 aromatic carbocycles. The van der Waals surface area contributed by atoms with Gasteiger partial charge >= 0.3 is 5.69 Å². The predicted molar refractivity (Wildman–Crippen MR) is 100 cm³/mol. The minimum atomic E-state index is -0.738. The molecule has 0 radical (unpaired) electrons. The summed E-state index contributed by atoms with van der Waals surface area (Å²) in [5.41, 5.74) is 1.72. The van der Waals surface area contributed by atoms with Crippen LogP contribution in [0, 0.1) is 10.1 Å². The molecule has 8 nitrogen and oxygen atoms in total. The number of rotatable bonds is 6. The number of hydrazone groups is 1. The summed E-state index contributed by atoms with van der Waals surface area (Å²) in [6, 6.07) is 7.11. The Morgan fingerprint density at radius 2 is 2.12 bits per heavy atom. The molecule has 2 rings (SSSR count). The van der Waals surface area contributed by atoms with E-state index in [0.717, 1.165) is 12.3 Å². The number of ether oxygens (including phenoxy) is 1. The molecular weight excluding hydrogens is 453 g/mol. The summed E-state index contributed by atoms with van der Waals surface area (Å²) in [7, 11) is 0. The number of nitro groups is 1. The van der Waals surface area contributed by atoms with E-state index in [-0.39, 0.29) is 22.9 Å². The molecule has 2 N–H and O–H groups in total. The molecule has 0 saturated carbocycles. The highest BCUT2D eigenvalue weighted by molar-refractivity contribution is 9.10. The van der Waals surface area contributed by atoms with Crippen molar-refractivity contribution in [3.05, 3.63) is 60.5 Å². The minimum Gasteiger partial charge on any atom is -0.502 e. The van der Waals surface area contributed by atoms with Crippen molar-refractivity contribution in [3.63, 3.8) is 0 Å². The van der Waals surface area contributed by atoms with Gasteiger partial charge in [-0.15, -0.1) is 0 Å². The van der Waals surface area contributed by atoms with E-state index < -0.39 is 22.3 Å². The summed E-state index contributed by atoms with van der Waals surface area (Å²) in [6.45, 7) is -0.387. The van der Waals surface area contributed by atoms with E-state index in [0.29, 0.717) is 9.50 Å². The molecule has 0 fully saturated rings. The third-order valence-electron chi connectivity index (χ3n) is 2.93. The van der Waals surface area contributed by atoms with Crippen LogP contribution in [0.5, 0.6) is 11.5 Å². The number of nitro benzene ring substituents is 1. The van der Waals surface area contributed by atoms with Crippen LogP contribution in [0.4, 0.5) is 5.69 Å². The fraction of sp³-hybridized carbons (Fsp3) is 0.0667. The van der Waals surface area contributed by atoms with E-state index in [9.17, 15) is 20.0 Å². The van der Waals surface area contributed by atoms with Gasteiger partial charge in [-0.3, -0.25) is 14.9 Å². The molecule has 2 aromatic rings. The topological polar surface area (TPSA) is 114 Å². The number of nitrogens with zero attached hydrogens (tertiary/aromatic N) is 2. The normalized spacial score (nSPS) is 10.7. The SMILES string of the molecule is O=C(COc1cc(Cl)ccc1Cl)N/N=C/c1cc(Br)cc([N+](=O)[O-])c1O. The van der Waals surface area contributed by atoms with Crippen LogP contribution in [-0.4, -0.2) is 28.8 Å². The van der Waals surface area contributed by atoms with Crippen LogP contribution < -0.4 is 10.2 Å². The lowest BCUT2D eigenvalue weighted by Crippen LogP contribution is -2.24. The van der Waals surface area contributed by atoms with Crippen molar-refractivity contribution in [2.24, 2.45) is 5.10 Å². The lowest BCUT2D eigenvalue weighted by molar-refractivity contribution is -0.385. The van der Waals surface area contributed by atoms with Gasteiger partial charge in [-0.05, 0) is 18.2 Å². The first-order valence-corrected chi connectivity index (χ1v) is 8.39. The molecular formula is C15H10BrCl2N3O5. The Morgan fingerprint density at radius 3 is 2.81 bits per heavy atom. The fourth-order valence-corrected chi connectivity index (χ4v) is 2.58. The van der Waals surface area contributed by atoms with Gasteiger partial charge in [-0.2, -0.15) is 5.10 Å². The Labute approximate surface area is 165 Å². The maximum absolute atomic E-state index is 11.7. The van der Waals surface area contributed by atoms with Crippen molar-refractivity contribution in [2.45, 2.75) is 0 Å². The van der Waals surface area contributed by atoms with Gasteiger partial charge in [0, 0.05) is 27.2 Å². The molecule has 0 bridgehead atoms. The zero-order valence-corrected chi connectivity index (χ0v) is 15.9. The number of hydrogen-bond acceptors (Lipinski definition) is 6. The third-order valence-corrected chi connectivity index (χ3v) is 3.93. The van der Waals surface area contributed by atoms with Crippen LogP contribution in [0.25, 0.3) is 0 Å². The van der Waals surface area contributed by atoms with E-state index >= 15 is 0 Å². The van der Waals surface area contributed by atoms with Gasteiger partial charge in [-0.25, -0.2) is 5.43 Å². The number of phenolic OH excluding ortho intramolecular Hbond substituents is 1. The molecule has 11 heteroatoms. The van der Waals surface area contributed by atoms with Crippen molar-refractivity contribution in [1.82, 2.24) is 5.43 Å². The highest BCUT2D eigenvalue weighted by Crippen LogP contribution is 2.32. The molecule has 0 aliphatic carbocycles. The number of carbonyl (C=O) groups is 1. The average Bonchev–Trinajstić information content (AvgIpc) is 2.58. The van der Waals surface area contributed by atoms with Crippen LogP contribution in [0.15, 0.2) is 39.9 Å². The van der Waals surface area contributed by atoms with Crippen LogP contribution in [0.1, 0.15) is 5.56 Å². The average molecular weight is 463 g/mol. The molecule has 0 aromatic heterocycles. The first kappa shape index (κ1) is 20.0. The smallest absolute Gasteiger partial charge is 0.312 e. The molecule has 26 heavy (non-hydrogen) atoms. The van der Waals surface area contributed by atoms with Crippen LogP contribution in [0.2, 0.25) is 10.0 Å². The summed E-state index contributed by atoms with van der Waals surface area (Å²) in [5.74, 6) is -0.946. The molecule has 0 heterocycles. The maximum Gasteiger partial charge on any atom is 0.312 e. The Hall–Kier alpha value is -2.36. The van der Waals surface area contributed by atoms with Gasteiger partial charge in [0.2, 0.25) is 5.75 Å². The molecule has 0 aliphatic rings. The number of hydrogen-bond donors (Lipinski definition) is 2. The van der Waals surface area contributed by atoms with E-state index in [1.54, 1.807) is 6.07 Å². The fourth-order valence-electron chi connectivity index (χ4n) is 1.78. The quantitative estimate of drug-likeness (QED) is 0.384. The Balaban J connectivity index is 1.99. The number of amides is 1. The zero-order valence-electron chi connectivity index (χ0n) is 12.8. The Morgan fingerprint density at radius 1 is 1.38 bits per heavy atom. The number of carbonyl (C=O) groups excluding carboxylic acids is 1. The monoisotopic (exact) mass is 461 g/mol. The predicted octanol–water partition coefficient (Wildman–Crippen LogP) is 3.90. The van der Waals surface area contributed by atoms with Crippen LogP contribution in [0.3, 0.4) is 0 Å². The molecule has 1 amide bonds. The van der Waals surface area contributed by atoms with Gasteiger partial charge in [0.1, 0.15) is 5.75 Å². The van der Waals surface area contributed by atoms with Gasteiger partial charge in [0.25, 0.3) is 5.91 Å². The maximum atomic E-state index is 11.7. The van der Waals surface area contributed by atoms with Gasteiger partial charge in [0.05, 0.1) is 16.2 Å². The summed E-state index contributed by atoms with van der Waals surface area (Å²) in [4.78, 5) is 21.8. The molecule has 0 spiro atoms. The molecule has 0 aliphatic heterocycles. The number of aromatic hydroxyl groups is 1. The second-order valence-electron chi connectivity index (χ2n) is 4.78. The van der Waals surface area contributed by atoms with Gasteiger partial charge in [-0.1, -0.05) is 39.1 Å². The van der Waals surface area contributed by atoms with Crippen LogP contribution in [-0.2, 0) is 4.79 Å². The third kappa shape index (κ3) is 5.32. The summed E-state index contributed by atoms with van der Waals surface area (Å²) in [5, 5.41) is 25.0. The van der Waals surface area contributed by atoms with E-state index in [4.69, 9.17) is 27.9 Å². The van der Waals surface area contributed by atoms with Gasteiger partial charge < -0.3 is 9.84 Å². The number of nitrogens with one attached hydrogen (secondary N) is 1. The van der Waals surface area contributed by atoms with E-state index in [2.05, 4.69) is 26.5 Å². The van der Waals surface area contributed by atoms with E-state index in [1.165, 1.54) is 18.2 Å². The summed E-state index contributed by atoms with van der Waals surface area (Å²) in [6.07, 6.45) is 1.07. The number of benzene rings is 2. The van der Waals surface area contributed by atoms with E-state index in [1.807, 2.05) is 0 Å². The first-order valence-electron chi connectivity index (χ1n) is 6.84. The molecule has 0 unspecified atom stereocenters. The Kier molecular flexibility index (Phi) is 6.78. The minimum absolute atomic E-state index is 0.0465. The largest absolute Gasteiger partial charge is 0.502 e. The first-order chi connectivity index (χ1) is 12.3. The molecule has 0 saturated heterocycles. The number of halogens is 3. The molecule has 0 atom stereocenters. The van der Waals surface area contributed by atoms with Crippen LogP contribution >= 0.6 is 39.1 Å². The number of phenols is 1. The van der Waals surface area contributed by atoms with Crippen molar-refractivity contribution in [2.75, 3.05) is 6.61 Å².